The number of halogens is 1. The van der Waals surface area contributed by atoms with Crippen LogP contribution < -0.4 is 5.32 Å². The van der Waals surface area contributed by atoms with Crippen molar-refractivity contribution in [2.75, 3.05) is 13.6 Å². The molecular formula is C18H20BrNOS. The Morgan fingerprint density at radius 2 is 1.82 bits per heavy atom. The van der Waals surface area contributed by atoms with Gasteiger partial charge in [0.2, 0.25) is 0 Å². The summed E-state index contributed by atoms with van der Waals surface area (Å²) in [6, 6.07) is 16.3. The molecule has 4 heteroatoms. The van der Waals surface area contributed by atoms with Crippen molar-refractivity contribution in [1.82, 2.24) is 5.32 Å². The van der Waals surface area contributed by atoms with Crippen molar-refractivity contribution in [3.05, 3.63) is 64.4 Å². The van der Waals surface area contributed by atoms with Crippen molar-refractivity contribution in [2.24, 2.45) is 0 Å². The van der Waals surface area contributed by atoms with E-state index in [1.54, 1.807) is 11.3 Å². The largest absolute Gasteiger partial charge is 0.507 e. The van der Waals surface area contributed by atoms with Crippen LogP contribution in [0.2, 0.25) is 0 Å². The maximum Gasteiger partial charge on any atom is 0.123 e. The fourth-order valence-electron chi connectivity index (χ4n) is 2.84. The topological polar surface area (TPSA) is 32.3 Å². The molecule has 0 radical (unpaired) electrons. The van der Waals surface area contributed by atoms with E-state index in [1.165, 1.54) is 10.4 Å². The first-order chi connectivity index (χ1) is 10.3. The van der Waals surface area contributed by atoms with Crippen molar-refractivity contribution < 1.29 is 5.11 Å². The minimum Gasteiger partial charge on any atom is -0.507 e. The average Bonchev–Trinajstić information content (AvgIpc) is 3.04. The summed E-state index contributed by atoms with van der Waals surface area (Å²) in [5.74, 6) is 0.718. The molecule has 0 aliphatic carbocycles. The summed E-state index contributed by atoms with van der Waals surface area (Å²) in [6.07, 6.45) is 1.05. The Bertz CT molecular complexity index is 727. The van der Waals surface area contributed by atoms with Gasteiger partial charge in [-0.05, 0) is 48.5 Å². The number of rotatable bonds is 5. The molecule has 1 heterocycles. The van der Waals surface area contributed by atoms with Gasteiger partial charge in [-0.1, -0.05) is 36.4 Å². The van der Waals surface area contributed by atoms with E-state index in [0.29, 0.717) is 11.7 Å². The Labute approximate surface area is 145 Å². The Kier molecular flexibility index (Phi) is 6.00. The second-order valence-corrected chi connectivity index (χ2v) is 6.16. The van der Waals surface area contributed by atoms with Gasteiger partial charge in [-0.3, -0.25) is 0 Å². The first kappa shape index (κ1) is 17.0. The van der Waals surface area contributed by atoms with Gasteiger partial charge in [0.25, 0.3) is 0 Å². The van der Waals surface area contributed by atoms with E-state index in [4.69, 9.17) is 0 Å². The molecule has 1 aromatic heterocycles. The van der Waals surface area contributed by atoms with E-state index in [1.807, 2.05) is 31.3 Å². The summed E-state index contributed by atoms with van der Waals surface area (Å²) >= 11 is 1.80. The summed E-state index contributed by atoms with van der Waals surface area (Å²) in [7, 11) is 1.99. The minimum absolute atomic E-state index is 0. The number of benzene rings is 2. The molecule has 3 rings (SSSR count). The molecule has 2 nitrogen and oxygen atoms in total. The molecule has 1 unspecified atom stereocenters. The second kappa shape index (κ2) is 7.77. The van der Waals surface area contributed by atoms with Crippen LogP contribution in [-0.4, -0.2) is 18.7 Å². The van der Waals surface area contributed by atoms with E-state index in [2.05, 4.69) is 35.0 Å². The Balaban J connectivity index is 0.00000176. The van der Waals surface area contributed by atoms with Gasteiger partial charge in [-0.25, -0.2) is 0 Å². The molecule has 0 aliphatic rings. The van der Waals surface area contributed by atoms with E-state index in [-0.39, 0.29) is 17.0 Å². The number of phenols is 1. The SMILES string of the molecule is Br.CNCCC(c1cccs1)c1ccc(O)c2ccccc12. The first-order valence-corrected chi connectivity index (χ1v) is 8.08. The minimum atomic E-state index is 0. The van der Waals surface area contributed by atoms with Crippen LogP contribution in [0.5, 0.6) is 5.75 Å². The smallest absolute Gasteiger partial charge is 0.123 e. The lowest BCUT2D eigenvalue weighted by Crippen LogP contribution is -2.12. The number of nitrogens with one attached hydrogen (secondary N) is 1. The highest BCUT2D eigenvalue weighted by atomic mass is 79.9. The molecule has 3 aromatic rings. The third kappa shape index (κ3) is 3.35. The van der Waals surface area contributed by atoms with Gasteiger partial charge < -0.3 is 10.4 Å². The molecule has 2 N–H and O–H groups in total. The molecule has 0 fully saturated rings. The third-order valence-corrected chi connectivity index (χ3v) is 4.87. The van der Waals surface area contributed by atoms with Crippen molar-refractivity contribution in [3.8, 4) is 5.75 Å². The fraction of sp³-hybridized carbons (Fsp3) is 0.222. The standard InChI is InChI=1S/C18H19NOS.BrH/c1-19-11-10-16(18-7-4-12-21-18)14-8-9-17(20)15-6-3-2-5-13(14)15;/h2-9,12,16,19-20H,10-11H2,1H3;1H. The van der Waals surface area contributed by atoms with Crippen molar-refractivity contribution >= 4 is 39.1 Å². The lowest BCUT2D eigenvalue weighted by molar-refractivity contribution is 0.481. The Morgan fingerprint density at radius 3 is 2.50 bits per heavy atom. The van der Waals surface area contributed by atoms with Crippen LogP contribution in [0.4, 0.5) is 0 Å². The van der Waals surface area contributed by atoms with Gasteiger partial charge in [0.15, 0.2) is 0 Å². The normalized spacial score (nSPS) is 12.0. The number of hydrogen-bond acceptors (Lipinski definition) is 3. The maximum atomic E-state index is 10.1. The zero-order valence-electron chi connectivity index (χ0n) is 12.5. The summed E-state index contributed by atoms with van der Waals surface area (Å²) in [5.41, 5.74) is 1.29. The predicted octanol–water partition coefficient (Wildman–Crippen LogP) is 4.93. The lowest BCUT2D eigenvalue weighted by atomic mass is 9.89. The summed E-state index contributed by atoms with van der Waals surface area (Å²) < 4.78 is 0. The van der Waals surface area contributed by atoms with Crippen LogP contribution in [0.1, 0.15) is 22.8 Å². The molecule has 116 valence electrons. The highest BCUT2D eigenvalue weighted by molar-refractivity contribution is 8.93. The Hall–Kier alpha value is -1.36. The van der Waals surface area contributed by atoms with Crippen LogP contribution in [-0.2, 0) is 0 Å². The van der Waals surface area contributed by atoms with Crippen LogP contribution in [0, 0.1) is 0 Å². The van der Waals surface area contributed by atoms with Gasteiger partial charge >= 0.3 is 0 Å². The number of aromatic hydroxyl groups is 1. The Morgan fingerprint density at radius 1 is 1.05 bits per heavy atom. The van der Waals surface area contributed by atoms with Crippen LogP contribution >= 0.6 is 28.3 Å². The van der Waals surface area contributed by atoms with E-state index < -0.39 is 0 Å². The van der Waals surface area contributed by atoms with Gasteiger partial charge in [-0.15, -0.1) is 28.3 Å². The highest BCUT2D eigenvalue weighted by Gasteiger charge is 2.18. The summed E-state index contributed by atoms with van der Waals surface area (Å²) in [4.78, 5) is 1.38. The monoisotopic (exact) mass is 377 g/mol. The van der Waals surface area contributed by atoms with Crippen molar-refractivity contribution in [2.45, 2.75) is 12.3 Å². The van der Waals surface area contributed by atoms with Crippen LogP contribution in [0.25, 0.3) is 10.8 Å². The van der Waals surface area contributed by atoms with E-state index in [9.17, 15) is 5.11 Å². The molecule has 2 aromatic carbocycles. The van der Waals surface area contributed by atoms with Gasteiger partial charge in [0.1, 0.15) is 5.75 Å². The maximum absolute atomic E-state index is 10.1. The number of phenolic OH excluding ortho intramolecular Hbond substituents is 1. The van der Waals surface area contributed by atoms with Crippen LogP contribution in [0.3, 0.4) is 0 Å². The van der Waals surface area contributed by atoms with E-state index in [0.717, 1.165) is 23.7 Å². The molecule has 0 saturated heterocycles. The molecule has 0 amide bonds. The number of thiophene rings is 1. The molecule has 0 aliphatic heterocycles. The average molecular weight is 378 g/mol. The molecular weight excluding hydrogens is 358 g/mol. The van der Waals surface area contributed by atoms with Gasteiger partial charge in [0, 0.05) is 16.2 Å². The van der Waals surface area contributed by atoms with Crippen LogP contribution in [0.15, 0.2) is 53.9 Å². The molecule has 1 atom stereocenters. The van der Waals surface area contributed by atoms with Gasteiger partial charge in [-0.2, -0.15) is 0 Å². The quantitative estimate of drug-likeness (QED) is 0.660. The lowest BCUT2D eigenvalue weighted by Gasteiger charge is -2.18. The van der Waals surface area contributed by atoms with Gasteiger partial charge in [0.05, 0.1) is 0 Å². The van der Waals surface area contributed by atoms with E-state index >= 15 is 0 Å². The summed E-state index contributed by atoms with van der Waals surface area (Å²) in [5, 5.41) is 17.5. The van der Waals surface area contributed by atoms with Crippen molar-refractivity contribution in [1.29, 1.82) is 0 Å². The molecule has 22 heavy (non-hydrogen) atoms. The zero-order chi connectivity index (χ0) is 14.7. The molecule has 0 bridgehead atoms. The third-order valence-electron chi connectivity index (χ3n) is 3.88. The first-order valence-electron chi connectivity index (χ1n) is 7.20. The highest BCUT2D eigenvalue weighted by Crippen LogP contribution is 2.37. The van der Waals surface area contributed by atoms with Crippen molar-refractivity contribution in [3.63, 3.8) is 0 Å². The fourth-order valence-corrected chi connectivity index (χ4v) is 3.72. The number of hydrogen-bond donors (Lipinski definition) is 2. The second-order valence-electron chi connectivity index (χ2n) is 5.18. The molecule has 0 saturated carbocycles. The number of fused-ring (bicyclic) bond motifs is 1. The predicted molar refractivity (Wildman–Crippen MR) is 101 cm³/mol. The molecule has 0 spiro atoms. The summed E-state index contributed by atoms with van der Waals surface area (Å²) in [6.45, 7) is 0.970. The zero-order valence-corrected chi connectivity index (χ0v) is 15.0.